The number of rotatable bonds is 0. The van der Waals surface area contributed by atoms with E-state index in [0.29, 0.717) is 10.8 Å². The third-order valence-electron chi connectivity index (χ3n) is 5.16. The highest BCUT2D eigenvalue weighted by Gasteiger charge is 2.37. The normalized spacial score (nSPS) is 23.0. The first-order valence-corrected chi connectivity index (χ1v) is 7.33. The molecule has 0 unspecified atom stereocenters. The summed E-state index contributed by atoms with van der Waals surface area (Å²) < 4.78 is 0. The average molecular weight is 242 g/mol. The van der Waals surface area contributed by atoms with Gasteiger partial charge in [0.05, 0.1) is 0 Å². The van der Waals surface area contributed by atoms with Crippen molar-refractivity contribution in [1.29, 1.82) is 0 Å². The van der Waals surface area contributed by atoms with E-state index in [2.05, 4.69) is 41.5 Å². The molecule has 0 nitrogen and oxygen atoms in total. The van der Waals surface area contributed by atoms with Gasteiger partial charge in [-0.05, 0) is 83.7 Å². The summed E-state index contributed by atoms with van der Waals surface area (Å²) in [6.45, 7) is 14.4. The Bertz CT molecular complexity index is 439. The van der Waals surface area contributed by atoms with Gasteiger partial charge in [-0.1, -0.05) is 27.7 Å². The van der Waals surface area contributed by atoms with Crippen molar-refractivity contribution in [3.63, 3.8) is 0 Å². The van der Waals surface area contributed by atoms with Crippen LogP contribution in [0, 0.1) is 24.7 Å². The molecule has 1 aromatic rings. The molecule has 0 bridgehead atoms. The van der Waals surface area contributed by atoms with Crippen molar-refractivity contribution in [2.45, 2.75) is 67.2 Å². The van der Waals surface area contributed by atoms with E-state index < -0.39 is 0 Å². The van der Waals surface area contributed by atoms with E-state index in [0.717, 1.165) is 0 Å². The lowest BCUT2D eigenvalue weighted by Gasteiger charge is -2.17. The summed E-state index contributed by atoms with van der Waals surface area (Å²) in [6, 6.07) is 0. The van der Waals surface area contributed by atoms with E-state index in [1.807, 2.05) is 0 Å². The maximum Gasteiger partial charge on any atom is -0.0218 e. The number of fused-ring (bicyclic) bond motifs is 2. The predicted molar refractivity (Wildman–Crippen MR) is 78.3 cm³/mol. The smallest absolute Gasteiger partial charge is 0.0218 e. The molecule has 98 valence electrons. The van der Waals surface area contributed by atoms with Gasteiger partial charge in [0.15, 0.2) is 0 Å². The zero-order valence-electron chi connectivity index (χ0n) is 12.8. The monoisotopic (exact) mass is 242 g/mol. The minimum atomic E-state index is 0.475. The SMILES string of the molecule is Cc1c2c(c(C)c3c1CC(C)(C)C3)CC(C)(C)C2. The molecule has 0 N–H and O–H groups in total. The summed E-state index contributed by atoms with van der Waals surface area (Å²) in [5.74, 6) is 0. The molecule has 2 aliphatic carbocycles. The molecular formula is C18H26. The van der Waals surface area contributed by atoms with Crippen LogP contribution >= 0.6 is 0 Å². The highest BCUT2D eigenvalue weighted by Crippen LogP contribution is 2.47. The fourth-order valence-electron chi connectivity index (χ4n) is 4.27. The summed E-state index contributed by atoms with van der Waals surface area (Å²) in [4.78, 5) is 0. The molecular weight excluding hydrogens is 216 g/mol. The van der Waals surface area contributed by atoms with Gasteiger partial charge in [-0.25, -0.2) is 0 Å². The van der Waals surface area contributed by atoms with E-state index >= 15 is 0 Å². The molecule has 18 heavy (non-hydrogen) atoms. The van der Waals surface area contributed by atoms with Gasteiger partial charge in [-0.2, -0.15) is 0 Å². The van der Waals surface area contributed by atoms with Gasteiger partial charge in [0, 0.05) is 0 Å². The van der Waals surface area contributed by atoms with Gasteiger partial charge in [-0.15, -0.1) is 0 Å². The van der Waals surface area contributed by atoms with Crippen LogP contribution in [-0.4, -0.2) is 0 Å². The van der Waals surface area contributed by atoms with E-state index in [-0.39, 0.29) is 0 Å². The van der Waals surface area contributed by atoms with Crippen LogP contribution in [0.2, 0.25) is 0 Å². The Balaban J connectivity index is 2.20. The third-order valence-corrected chi connectivity index (χ3v) is 5.16. The number of benzene rings is 1. The Hall–Kier alpha value is -0.780. The Morgan fingerprint density at radius 1 is 0.556 bits per heavy atom. The lowest BCUT2D eigenvalue weighted by atomic mass is 9.88. The van der Waals surface area contributed by atoms with E-state index in [4.69, 9.17) is 0 Å². The molecule has 0 spiro atoms. The Labute approximate surface area is 112 Å². The highest BCUT2D eigenvalue weighted by molar-refractivity contribution is 5.56. The molecule has 0 heterocycles. The average Bonchev–Trinajstić information content (AvgIpc) is 2.72. The van der Waals surface area contributed by atoms with Crippen molar-refractivity contribution < 1.29 is 0 Å². The molecule has 3 rings (SSSR count). The Kier molecular flexibility index (Phi) is 2.32. The van der Waals surface area contributed by atoms with Crippen LogP contribution in [-0.2, 0) is 25.7 Å². The molecule has 0 atom stereocenters. The Morgan fingerprint density at radius 3 is 1.00 bits per heavy atom. The van der Waals surface area contributed by atoms with E-state index in [1.165, 1.54) is 25.7 Å². The van der Waals surface area contributed by atoms with Crippen molar-refractivity contribution >= 4 is 0 Å². The highest BCUT2D eigenvalue weighted by atomic mass is 14.4. The first kappa shape index (κ1) is 12.3. The van der Waals surface area contributed by atoms with Crippen LogP contribution in [0.25, 0.3) is 0 Å². The number of hydrogen-bond donors (Lipinski definition) is 0. The van der Waals surface area contributed by atoms with Crippen LogP contribution in [0.5, 0.6) is 0 Å². The standard InChI is InChI=1S/C18H26/c1-11-13-7-17(3,4)9-15(13)12(2)16-10-18(5,6)8-14(11)16/h7-10H2,1-6H3. The fourth-order valence-corrected chi connectivity index (χ4v) is 4.27. The van der Waals surface area contributed by atoms with Crippen LogP contribution in [0.4, 0.5) is 0 Å². The summed E-state index contributed by atoms with van der Waals surface area (Å²) in [5, 5.41) is 0. The summed E-state index contributed by atoms with van der Waals surface area (Å²) in [7, 11) is 0. The molecule has 0 fully saturated rings. The van der Waals surface area contributed by atoms with Crippen molar-refractivity contribution in [2.75, 3.05) is 0 Å². The van der Waals surface area contributed by atoms with Gasteiger partial charge in [0.2, 0.25) is 0 Å². The maximum absolute atomic E-state index is 2.42. The molecule has 0 heteroatoms. The molecule has 0 amide bonds. The zero-order valence-corrected chi connectivity index (χ0v) is 12.8. The molecule has 1 aromatic carbocycles. The van der Waals surface area contributed by atoms with Crippen molar-refractivity contribution in [3.05, 3.63) is 33.4 Å². The minimum Gasteiger partial charge on any atom is -0.0593 e. The van der Waals surface area contributed by atoms with E-state index in [1.54, 1.807) is 33.4 Å². The van der Waals surface area contributed by atoms with Crippen LogP contribution in [0.15, 0.2) is 0 Å². The molecule has 2 aliphatic rings. The summed E-state index contributed by atoms with van der Waals surface area (Å²) >= 11 is 0. The van der Waals surface area contributed by atoms with Gasteiger partial charge >= 0.3 is 0 Å². The zero-order chi connectivity index (χ0) is 13.3. The largest absolute Gasteiger partial charge is 0.0593 e. The second-order valence-corrected chi connectivity index (χ2v) is 8.20. The van der Waals surface area contributed by atoms with Gasteiger partial charge in [0.1, 0.15) is 0 Å². The first-order valence-electron chi connectivity index (χ1n) is 7.33. The molecule has 0 saturated heterocycles. The lowest BCUT2D eigenvalue weighted by Crippen LogP contribution is -2.11. The Morgan fingerprint density at radius 2 is 0.778 bits per heavy atom. The topological polar surface area (TPSA) is 0 Å². The van der Waals surface area contributed by atoms with Crippen LogP contribution in [0.1, 0.15) is 61.1 Å². The maximum atomic E-state index is 2.42. The minimum absolute atomic E-state index is 0.475. The second-order valence-electron chi connectivity index (χ2n) is 8.20. The van der Waals surface area contributed by atoms with Crippen LogP contribution in [0.3, 0.4) is 0 Å². The van der Waals surface area contributed by atoms with Crippen LogP contribution < -0.4 is 0 Å². The number of hydrogen-bond acceptors (Lipinski definition) is 0. The fraction of sp³-hybridized carbons (Fsp3) is 0.667. The summed E-state index contributed by atoms with van der Waals surface area (Å²) in [6.07, 6.45) is 5.12. The predicted octanol–water partition coefficient (Wildman–Crippen LogP) is 4.55. The van der Waals surface area contributed by atoms with Crippen molar-refractivity contribution in [3.8, 4) is 0 Å². The second kappa shape index (κ2) is 3.40. The summed E-state index contributed by atoms with van der Waals surface area (Å²) in [5.41, 5.74) is 11.0. The van der Waals surface area contributed by atoms with Gasteiger partial charge in [0.25, 0.3) is 0 Å². The molecule has 0 saturated carbocycles. The van der Waals surface area contributed by atoms with E-state index in [9.17, 15) is 0 Å². The third kappa shape index (κ3) is 1.65. The van der Waals surface area contributed by atoms with Gasteiger partial charge < -0.3 is 0 Å². The first-order chi connectivity index (χ1) is 8.20. The van der Waals surface area contributed by atoms with Gasteiger partial charge in [-0.3, -0.25) is 0 Å². The molecule has 0 radical (unpaired) electrons. The van der Waals surface area contributed by atoms with Crippen molar-refractivity contribution in [1.82, 2.24) is 0 Å². The lowest BCUT2D eigenvalue weighted by molar-refractivity contribution is 0.387. The molecule has 0 aliphatic heterocycles. The quantitative estimate of drug-likeness (QED) is 0.626. The molecule has 0 aromatic heterocycles. The van der Waals surface area contributed by atoms with Crippen molar-refractivity contribution in [2.24, 2.45) is 10.8 Å².